The molecule has 1 aliphatic heterocycles. The molecule has 1 nitrogen and oxygen atoms in total. The van der Waals surface area contributed by atoms with E-state index >= 15 is 0 Å². The van der Waals surface area contributed by atoms with Crippen LogP contribution in [0.3, 0.4) is 0 Å². The Morgan fingerprint density at radius 3 is 3.22 bits per heavy atom. The minimum absolute atomic E-state index is 0.764. The maximum absolute atomic E-state index is 3.44. The Balaban J connectivity index is 2.26. The first kappa shape index (κ1) is 6.81. The Kier molecular flexibility index (Phi) is 2.78. The molecule has 0 amide bonds. The Morgan fingerprint density at radius 2 is 2.44 bits per heavy atom. The van der Waals surface area contributed by atoms with Crippen molar-refractivity contribution in [1.82, 2.24) is 5.32 Å². The van der Waals surface area contributed by atoms with Gasteiger partial charge in [-0.1, -0.05) is 19.1 Å². The second-order valence-electron chi connectivity index (χ2n) is 2.56. The Labute approximate surface area is 57.1 Å². The van der Waals surface area contributed by atoms with Crippen molar-refractivity contribution in [2.24, 2.45) is 0 Å². The molecule has 0 aromatic heterocycles. The van der Waals surface area contributed by atoms with E-state index in [4.69, 9.17) is 0 Å². The molecule has 1 heteroatoms. The molecule has 0 spiro atoms. The lowest BCUT2D eigenvalue weighted by atomic mass is 10.1. The minimum Gasteiger partial charge on any atom is -0.311 e. The SMILES string of the molecule is CCC1CCC=CCN1. The van der Waals surface area contributed by atoms with Crippen LogP contribution < -0.4 is 5.32 Å². The van der Waals surface area contributed by atoms with Crippen molar-refractivity contribution < 1.29 is 0 Å². The molecule has 1 rings (SSSR count). The van der Waals surface area contributed by atoms with Gasteiger partial charge >= 0.3 is 0 Å². The molecule has 9 heavy (non-hydrogen) atoms. The van der Waals surface area contributed by atoms with E-state index in [1.54, 1.807) is 0 Å². The zero-order chi connectivity index (χ0) is 6.53. The molecule has 52 valence electrons. The molecule has 1 aliphatic rings. The molecule has 0 aromatic carbocycles. The van der Waals surface area contributed by atoms with E-state index in [-0.39, 0.29) is 0 Å². The monoisotopic (exact) mass is 125 g/mol. The van der Waals surface area contributed by atoms with E-state index in [1.807, 2.05) is 0 Å². The third kappa shape index (κ3) is 2.19. The third-order valence-electron chi connectivity index (χ3n) is 1.87. The molecular formula is C8H15N. The highest BCUT2D eigenvalue weighted by atomic mass is 14.9. The average molecular weight is 125 g/mol. The molecule has 1 N–H and O–H groups in total. The summed E-state index contributed by atoms with van der Waals surface area (Å²) >= 11 is 0. The van der Waals surface area contributed by atoms with Gasteiger partial charge in [0.1, 0.15) is 0 Å². The highest BCUT2D eigenvalue weighted by molar-refractivity contribution is 4.89. The maximum Gasteiger partial charge on any atom is 0.0137 e. The van der Waals surface area contributed by atoms with E-state index in [0.717, 1.165) is 12.6 Å². The molecule has 0 bridgehead atoms. The van der Waals surface area contributed by atoms with Gasteiger partial charge in [0.05, 0.1) is 0 Å². The molecular weight excluding hydrogens is 110 g/mol. The largest absolute Gasteiger partial charge is 0.311 e. The topological polar surface area (TPSA) is 12.0 Å². The van der Waals surface area contributed by atoms with Gasteiger partial charge in [-0.05, 0) is 19.3 Å². The Bertz CT molecular complexity index is 86.7. The standard InChI is InChI=1S/C8H15N/c1-2-8-6-4-3-5-7-9-8/h3,5,8-9H,2,4,6-7H2,1H3. The van der Waals surface area contributed by atoms with Crippen molar-refractivity contribution in [3.05, 3.63) is 12.2 Å². The van der Waals surface area contributed by atoms with E-state index in [0.29, 0.717) is 0 Å². The van der Waals surface area contributed by atoms with E-state index in [1.165, 1.54) is 19.3 Å². The molecule has 0 aromatic rings. The molecule has 0 radical (unpaired) electrons. The van der Waals surface area contributed by atoms with Gasteiger partial charge in [-0.25, -0.2) is 0 Å². The van der Waals surface area contributed by atoms with Crippen molar-refractivity contribution in [1.29, 1.82) is 0 Å². The van der Waals surface area contributed by atoms with Gasteiger partial charge in [-0.2, -0.15) is 0 Å². The van der Waals surface area contributed by atoms with Crippen LogP contribution >= 0.6 is 0 Å². The fraction of sp³-hybridized carbons (Fsp3) is 0.750. The summed E-state index contributed by atoms with van der Waals surface area (Å²) in [5, 5.41) is 3.44. The molecule has 0 saturated carbocycles. The van der Waals surface area contributed by atoms with Gasteiger partial charge in [0.2, 0.25) is 0 Å². The van der Waals surface area contributed by atoms with Crippen molar-refractivity contribution in [2.45, 2.75) is 32.2 Å². The third-order valence-corrected chi connectivity index (χ3v) is 1.87. The fourth-order valence-corrected chi connectivity index (χ4v) is 1.18. The summed E-state index contributed by atoms with van der Waals surface area (Å²) in [5.74, 6) is 0. The van der Waals surface area contributed by atoms with Crippen LogP contribution in [0.2, 0.25) is 0 Å². The van der Waals surface area contributed by atoms with Crippen LogP contribution in [0.4, 0.5) is 0 Å². The van der Waals surface area contributed by atoms with Crippen LogP contribution in [0.25, 0.3) is 0 Å². The van der Waals surface area contributed by atoms with Crippen LogP contribution in [-0.4, -0.2) is 12.6 Å². The minimum atomic E-state index is 0.764. The second kappa shape index (κ2) is 3.67. The van der Waals surface area contributed by atoms with Crippen molar-refractivity contribution in [3.8, 4) is 0 Å². The summed E-state index contributed by atoms with van der Waals surface area (Å²) in [7, 11) is 0. The van der Waals surface area contributed by atoms with Gasteiger partial charge in [0.15, 0.2) is 0 Å². The predicted octanol–water partition coefficient (Wildman–Crippen LogP) is 1.70. The Morgan fingerprint density at radius 1 is 1.56 bits per heavy atom. The number of nitrogens with one attached hydrogen (secondary N) is 1. The van der Waals surface area contributed by atoms with E-state index < -0.39 is 0 Å². The first-order chi connectivity index (χ1) is 4.43. The number of rotatable bonds is 1. The van der Waals surface area contributed by atoms with Gasteiger partial charge in [0, 0.05) is 12.6 Å². The summed E-state index contributed by atoms with van der Waals surface area (Å²) in [6.07, 6.45) is 8.32. The quantitative estimate of drug-likeness (QED) is 0.526. The van der Waals surface area contributed by atoms with Gasteiger partial charge in [0.25, 0.3) is 0 Å². The molecule has 1 atom stereocenters. The molecule has 0 fully saturated rings. The summed E-state index contributed by atoms with van der Waals surface area (Å²) in [4.78, 5) is 0. The normalized spacial score (nSPS) is 27.9. The molecule has 0 aliphatic carbocycles. The average Bonchev–Trinajstić information content (AvgIpc) is 2.13. The smallest absolute Gasteiger partial charge is 0.0137 e. The molecule has 0 saturated heterocycles. The first-order valence-corrected chi connectivity index (χ1v) is 3.82. The van der Waals surface area contributed by atoms with Crippen molar-refractivity contribution >= 4 is 0 Å². The second-order valence-corrected chi connectivity index (χ2v) is 2.56. The fourth-order valence-electron chi connectivity index (χ4n) is 1.18. The lowest BCUT2D eigenvalue weighted by molar-refractivity contribution is 0.504. The van der Waals surface area contributed by atoms with Crippen LogP contribution in [0, 0.1) is 0 Å². The highest BCUT2D eigenvalue weighted by Gasteiger charge is 2.03. The number of hydrogen-bond acceptors (Lipinski definition) is 1. The number of allylic oxidation sites excluding steroid dienone is 1. The van der Waals surface area contributed by atoms with Crippen molar-refractivity contribution in [2.75, 3.05) is 6.54 Å². The molecule has 1 heterocycles. The Hall–Kier alpha value is -0.300. The van der Waals surface area contributed by atoms with Crippen LogP contribution in [0.5, 0.6) is 0 Å². The summed E-state index contributed by atoms with van der Waals surface area (Å²) in [5.41, 5.74) is 0. The van der Waals surface area contributed by atoms with E-state index in [9.17, 15) is 0 Å². The van der Waals surface area contributed by atoms with Crippen LogP contribution in [0.15, 0.2) is 12.2 Å². The highest BCUT2D eigenvalue weighted by Crippen LogP contribution is 2.04. The van der Waals surface area contributed by atoms with Crippen LogP contribution in [0.1, 0.15) is 26.2 Å². The number of hydrogen-bond donors (Lipinski definition) is 1. The van der Waals surface area contributed by atoms with Crippen LogP contribution in [-0.2, 0) is 0 Å². The summed E-state index contributed by atoms with van der Waals surface area (Å²) < 4.78 is 0. The lowest BCUT2D eigenvalue weighted by Gasteiger charge is -2.11. The zero-order valence-corrected chi connectivity index (χ0v) is 6.06. The first-order valence-electron chi connectivity index (χ1n) is 3.82. The lowest BCUT2D eigenvalue weighted by Crippen LogP contribution is -2.26. The summed E-state index contributed by atoms with van der Waals surface area (Å²) in [6, 6.07) is 0.764. The zero-order valence-electron chi connectivity index (χ0n) is 6.06. The van der Waals surface area contributed by atoms with E-state index in [2.05, 4.69) is 24.4 Å². The van der Waals surface area contributed by atoms with Gasteiger partial charge in [-0.3, -0.25) is 0 Å². The molecule has 1 unspecified atom stereocenters. The van der Waals surface area contributed by atoms with Gasteiger partial charge in [-0.15, -0.1) is 0 Å². The van der Waals surface area contributed by atoms with Crippen molar-refractivity contribution in [3.63, 3.8) is 0 Å². The maximum atomic E-state index is 3.44. The summed E-state index contributed by atoms with van der Waals surface area (Å²) in [6.45, 7) is 3.31. The predicted molar refractivity (Wildman–Crippen MR) is 40.5 cm³/mol. The van der Waals surface area contributed by atoms with Gasteiger partial charge < -0.3 is 5.32 Å².